The maximum absolute atomic E-state index is 13.3. The monoisotopic (exact) mass is 409 g/mol. The Bertz CT molecular complexity index is 977. The third-order valence-corrected chi connectivity index (χ3v) is 4.73. The van der Waals surface area contributed by atoms with Crippen LogP contribution in [0.25, 0.3) is 5.69 Å². The van der Waals surface area contributed by atoms with Gasteiger partial charge < -0.3 is 10.1 Å². The van der Waals surface area contributed by atoms with Gasteiger partial charge in [0, 0.05) is 6.54 Å². The molecular weight excluding hydrogens is 381 g/mol. The Morgan fingerprint density at radius 3 is 2.27 bits per heavy atom. The highest BCUT2D eigenvalue weighted by Crippen LogP contribution is 2.23. The van der Waals surface area contributed by atoms with Crippen molar-refractivity contribution in [2.24, 2.45) is 0 Å². The second-order valence-electron chi connectivity index (χ2n) is 7.85. The van der Waals surface area contributed by atoms with E-state index in [1.54, 1.807) is 23.0 Å². The lowest BCUT2D eigenvalue weighted by molar-refractivity contribution is 0.0657. The summed E-state index contributed by atoms with van der Waals surface area (Å²) in [7, 11) is 0. The van der Waals surface area contributed by atoms with E-state index in [0.29, 0.717) is 18.7 Å². The minimum absolute atomic E-state index is 0.0681. The molecule has 30 heavy (non-hydrogen) atoms. The van der Waals surface area contributed by atoms with E-state index >= 15 is 0 Å². The smallest absolute Gasteiger partial charge is 0.255 e. The Labute approximate surface area is 176 Å². The van der Waals surface area contributed by atoms with Gasteiger partial charge in [-0.1, -0.05) is 38.1 Å². The molecule has 6 heteroatoms. The fourth-order valence-electron chi connectivity index (χ4n) is 3.17. The zero-order chi connectivity index (χ0) is 21.7. The van der Waals surface area contributed by atoms with E-state index in [4.69, 9.17) is 4.74 Å². The predicted molar refractivity (Wildman–Crippen MR) is 115 cm³/mol. The average molecular weight is 410 g/mol. The summed E-state index contributed by atoms with van der Waals surface area (Å²) in [6, 6.07) is 14.1. The van der Waals surface area contributed by atoms with Crippen molar-refractivity contribution >= 4 is 5.91 Å². The molecule has 1 N–H and O–H groups in total. The third kappa shape index (κ3) is 5.33. The fourth-order valence-corrected chi connectivity index (χ4v) is 3.17. The van der Waals surface area contributed by atoms with Gasteiger partial charge in [0.1, 0.15) is 5.82 Å². The second-order valence-corrected chi connectivity index (χ2v) is 7.85. The minimum atomic E-state index is -0.309. The van der Waals surface area contributed by atoms with Gasteiger partial charge in [-0.3, -0.25) is 4.79 Å². The molecule has 0 radical (unpaired) electrons. The number of ether oxygens (including phenoxy) is 1. The molecule has 3 rings (SSSR count). The molecule has 0 fully saturated rings. The lowest BCUT2D eigenvalue weighted by atomic mass is 10.0. The van der Waals surface area contributed by atoms with E-state index in [9.17, 15) is 9.18 Å². The van der Waals surface area contributed by atoms with Crippen LogP contribution in [-0.4, -0.2) is 21.8 Å². The Morgan fingerprint density at radius 1 is 1.03 bits per heavy atom. The number of carbonyl (C=O) groups excluding carboxylic acids is 1. The lowest BCUT2D eigenvalue weighted by Crippen LogP contribution is -2.24. The quantitative estimate of drug-likeness (QED) is 0.570. The average Bonchev–Trinajstić information content (AvgIpc) is 3.17. The van der Waals surface area contributed by atoms with Crippen LogP contribution < -0.4 is 5.32 Å². The molecule has 1 aromatic heterocycles. The second kappa shape index (κ2) is 9.67. The molecule has 5 nitrogen and oxygen atoms in total. The molecule has 1 heterocycles. The molecule has 0 saturated carbocycles. The molecule has 0 atom stereocenters. The Hall–Kier alpha value is -2.99. The van der Waals surface area contributed by atoms with Gasteiger partial charge in [0.05, 0.1) is 35.9 Å². The SMILES string of the molecule is CC(C)OCc1ccc(CNC(=O)c2cnn(-c3ccc(F)cc3)c2C(C)C)cc1. The van der Waals surface area contributed by atoms with Crippen LogP contribution >= 0.6 is 0 Å². The maximum atomic E-state index is 13.3. The largest absolute Gasteiger partial charge is 0.374 e. The first-order valence-corrected chi connectivity index (χ1v) is 10.2. The highest BCUT2D eigenvalue weighted by molar-refractivity contribution is 5.95. The van der Waals surface area contributed by atoms with Crippen LogP contribution in [0.5, 0.6) is 0 Å². The van der Waals surface area contributed by atoms with Gasteiger partial charge in [-0.25, -0.2) is 9.07 Å². The van der Waals surface area contributed by atoms with Gasteiger partial charge in [0.25, 0.3) is 5.91 Å². The van der Waals surface area contributed by atoms with E-state index in [1.807, 2.05) is 52.0 Å². The molecule has 0 aliphatic rings. The molecular formula is C24H28FN3O2. The van der Waals surface area contributed by atoms with Gasteiger partial charge in [-0.05, 0) is 55.2 Å². The van der Waals surface area contributed by atoms with Crippen molar-refractivity contribution in [1.82, 2.24) is 15.1 Å². The van der Waals surface area contributed by atoms with Crippen LogP contribution in [0, 0.1) is 5.82 Å². The molecule has 0 aliphatic carbocycles. The standard InChI is InChI=1S/C24H28FN3O2/c1-16(2)23-22(14-27-28(23)21-11-9-20(25)10-12-21)24(29)26-13-18-5-7-19(8-6-18)15-30-17(3)4/h5-12,14,16-17H,13,15H2,1-4H3,(H,26,29). The highest BCUT2D eigenvalue weighted by atomic mass is 19.1. The normalized spacial score (nSPS) is 11.3. The summed E-state index contributed by atoms with van der Waals surface area (Å²) in [5, 5.41) is 7.35. The lowest BCUT2D eigenvalue weighted by Gasteiger charge is -2.13. The molecule has 0 aliphatic heterocycles. The van der Waals surface area contributed by atoms with Crippen molar-refractivity contribution < 1.29 is 13.9 Å². The number of nitrogens with zero attached hydrogens (tertiary/aromatic N) is 2. The number of amides is 1. The predicted octanol–water partition coefficient (Wildman–Crippen LogP) is 4.99. The van der Waals surface area contributed by atoms with Crippen molar-refractivity contribution in [3.63, 3.8) is 0 Å². The summed E-state index contributed by atoms with van der Waals surface area (Å²) in [6.45, 7) is 9.02. The molecule has 3 aromatic rings. The Morgan fingerprint density at radius 2 is 1.67 bits per heavy atom. The van der Waals surface area contributed by atoms with Gasteiger partial charge in [-0.15, -0.1) is 0 Å². The first kappa shape index (κ1) is 21.7. The van der Waals surface area contributed by atoms with E-state index in [1.165, 1.54) is 12.1 Å². The highest BCUT2D eigenvalue weighted by Gasteiger charge is 2.20. The molecule has 0 unspecified atom stereocenters. The van der Waals surface area contributed by atoms with Crippen LogP contribution in [0.1, 0.15) is 60.8 Å². The van der Waals surface area contributed by atoms with Crippen LogP contribution in [0.4, 0.5) is 4.39 Å². The summed E-state index contributed by atoms with van der Waals surface area (Å²) < 4.78 is 20.6. The summed E-state index contributed by atoms with van der Waals surface area (Å²) in [5.41, 5.74) is 4.14. The fraction of sp³-hybridized carbons (Fsp3) is 0.333. The van der Waals surface area contributed by atoms with Crippen molar-refractivity contribution in [3.8, 4) is 5.69 Å². The summed E-state index contributed by atoms with van der Waals surface area (Å²) in [6.07, 6.45) is 1.76. The molecule has 0 saturated heterocycles. The minimum Gasteiger partial charge on any atom is -0.374 e. The van der Waals surface area contributed by atoms with Crippen molar-refractivity contribution in [3.05, 3.63) is 82.9 Å². The number of hydrogen-bond acceptors (Lipinski definition) is 3. The molecule has 2 aromatic carbocycles. The number of halogens is 1. The number of rotatable bonds is 8. The zero-order valence-electron chi connectivity index (χ0n) is 17.9. The van der Waals surface area contributed by atoms with Gasteiger partial charge in [0.15, 0.2) is 0 Å². The summed E-state index contributed by atoms with van der Waals surface area (Å²) >= 11 is 0. The van der Waals surface area contributed by atoms with Crippen molar-refractivity contribution in [1.29, 1.82) is 0 Å². The van der Waals surface area contributed by atoms with E-state index in [0.717, 1.165) is 22.5 Å². The van der Waals surface area contributed by atoms with Crippen molar-refractivity contribution in [2.75, 3.05) is 0 Å². The van der Waals surface area contributed by atoms with Crippen molar-refractivity contribution in [2.45, 2.75) is 52.9 Å². The molecule has 0 spiro atoms. The Balaban J connectivity index is 1.70. The number of aromatic nitrogens is 2. The first-order valence-electron chi connectivity index (χ1n) is 10.2. The number of benzene rings is 2. The van der Waals surface area contributed by atoms with Gasteiger partial charge in [0.2, 0.25) is 0 Å². The zero-order valence-corrected chi connectivity index (χ0v) is 17.9. The number of hydrogen-bond donors (Lipinski definition) is 1. The third-order valence-electron chi connectivity index (χ3n) is 4.73. The molecule has 1 amide bonds. The van der Waals surface area contributed by atoms with Crippen LogP contribution in [0.15, 0.2) is 54.7 Å². The van der Waals surface area contributed by atoms with Crippen LogP contribution in [-0.2, 0) is 17.9 Å². The number of carbonyl (C=O) groups is 1. The topological polar surface area (TPSA) is 56.1 Å². The first-order chi connectivity index (χ1) is 14.3. The van der Waals surface area contributed by atoms with E-state index in [-0.39, 0.29) is 23.7 Å². The van der Waals surface area contributed by atoms with Crippen LogP contribution in [0.2, 0.25) is 0 Å². The van der Waals surface area contributed by atoms with Gasteiger partial charge >= 0.3 is 0 Å². The van der Waals surface area contributed by atoms with Crippen LogP contribution in [0.3, 0.4) is 0 Å². The summed E-state index contributed by atoms with van der Waals surface area (Å²) in [5.74, 6) is -0.422. The maximum Gasteiger partial charge on any atom is 0.255 e. The molecule has 158 valence electrons. The van der Waals surface area contributed by atoms with E-state index < -0.39 is 0 Å². The number of nitrogens with one attached hydrogen (secondary N) is 1. The van der Waals surface area contributed by atoms with Gasteiger partial charge in [-0.2, -0.15) is 5.10 Å². The summed E-state index contributed by atoms with van der Waals surface area (Å²) in [4.78, 5) is 12.8. The van der Waals surface area contributed by atoms with E-state index in [2.05, 4.69) is 10.4 Å². The Kier molecular flexibility index (Phi) is 7.00. The molecule has 0 bridgehead atoms.